The molecule has 0 saturated heterocycles. The number of amides is 1. The molecule has 6 nitrogen and oxygen atoms in total. The minimum Gasteiger partial charge on any atom is -0.382 e. The lowest BCUT2D eigenvalue weighted by atomic mass is 10.1. The van der Waals surface area contributed by atoms with Crippen LogP contribution in [0.15, 0.2) is 0 Å². The first-order chi connectivity index (χ1) is 9.69. The number of nitrogen functional groups attached to an aromatic ring is 1. The van der Waals surface area contributed by atoms with Crippen molar-refractivity contribution >= 4 is 28.2 Å². The molecular weight excluding hydrogens is 288 g/mol. The summed E-state index contributed by atoms with van der Waals surface area (Å²) < 4.78 is 5.41. The molecule has 1 rings (SSSR count). The van der Waals surface area contributed by atoms with Gasteiger partial charge in [0, 0.05) is 18.7 Å². The molecule has 0 fully saturated rings. The first-order valence-electron chi connectivity index (χ1n) is 7.09. The fourth-order valence-corrected chi connectivity index (χ4v) is 2.51. The number of nitrogens with two attached hydrogens (primary N) is 1. The third-order valence-corrected chi connectivity index (χ3v) is 3.31. The first-order valence-corrected chi connectivity index (χ1v) is 7.91. The summed E-state index contributed by atoms with van der Waals surface area (Å²) in [5.74, 6) is 0.538. The SMILES string of the molecule is CC(C)COCCNC(=O)c1sc(NC(C)(C)C)nc1N. The van der Waals surface area contributed by atoms with E-state index < -0.39 is 0 Å². The van der Waals surface area contributed by atoms with Gasteiger partial charge >= 0.3 is 0 Å². The second-order valence-corrected chi connectivity index (χ2v) is 7.33. The Labute approximate surface area is 130 Å². The van der Waals surface area contributed by atoms with Gasteiger partial charge in [0.25, 0.3) is 5.91 Å². The molecule has 7 heteroatoms. The van der Waals surface area contributed by atoms with E-state index in [1.807, 2.05) is 20.8 Å². The van der Waals surface area contributed by atoms with Gasteiger partial charge in [-0.25, -0.2) is 4.98 Å². The second kappa shape index (κ2) is 7.61. The molecule has 0 aliphatic rings. The average molecular weight is 314 g/mol. The van der Waals surface area contributed by atoms with Crippen LogP contribution in [0.5, 0.6) is 0 Å². The zero-order chi connectivity index (χ0) is 16.0. The number of nitrogens with zero attached hydrogens (tertiary/aromatic N) is 1. The molecule has 0 unspecified atom stereocenters. The van der Waals surface area contributed by atoms with Crippen LogP contribution in [0.1, 0.15) is 44.3 Å². The summed E-state index contributed by atoms with van der Waals surface area (Å²) in [6, 6.07) is 0. The van der Waals surface area contributed by atoms with Crippen LogP contribution in [0.25, 0.3) is 0 Å². The summed E-state index contributed by atoms with van der Waals surface area (Å²) in [4.78, 5) is 16.7. The molecule has 1 aromatic rings. The van der Waals surface area contributed by atoms with Crippen LogP contribution >= 0.6 is 11.3 Å². The smallest absolute Gasteiger partial charge is 0.265 e. The summed E-state index contributed by atoms with van der Waals surface area (Å²) in [6.07, 6.45) is 0. The molecule has 0 spiro atoms. The molecule has 0 aliphatic carbocycles. The third kappa shape index (κ3) is 6.77. The normalized spacial score (nSPS) is 11.7. The number of rotatable bonds is 7. The van der Waals surface area contributed by atoms with Crippen LogP contribution in [-0.4, -0.2) is 36.2 Å². The maximum atomic E-state index is 12.0. The van der Waals surface area contributed by atoms with Crippen molar-refractivity contribution in [3.8, 4) is 0 Å². The van der Waals surface area contributed by atoms with Crippen molar-refractivity contribution in [2.24, 2.45) is 5.92 Å². The molecule has 1 amide bonds. The van der Waals surface area contributed by atoms with Crippen LogP contribution in [0, 0.1) is 5.92 Å². The largest absolute Gasteiger partial charge is 0.382 e. The highest BCUT2D eigenvalue weighted by Crippen LogP contribution is 2.26. The minimum absolute atomic E-state index is 0.122. The Hall–Kier alpha value is -1.34. The molecule has 0 aromatic carbocycles. The molecule has 0 aliphatic heterocycles. The molecule has 4 N–H and O–H groups in total. The monoisotopic (exact) mass is 314 g/mol. The molecule has 0 bridgehead atoms. The number of thiazole rings is 1. The maximum Gasteiger partial charge on any atom is 0.265 e. The van der Waals surface area contributed by atoms with Gasteiger partial charge in [-0.1, -0.05) is 25.2 Å². The summed E-state index contributed by atoms with van der Waals surface area (Å²) in [5, 5.41) is 6.65. The van der Waals surface area contributed by atoms with Crippen molar-refractivity contribution in [1.29, 1.82) is 0 Å². The van der Waals surface area contributed by atoms with Crippen molar-refractivity contribution in [1.82, 2.24) is 10.3 Å². The van der Waals surface area contributed by atoms with E-state index in [4.69, 9.17) is 10.5 Å². The summed E-state index contributed by atoms with van der Waals surface area (Å²) in [6.45, 7) is 11.9. The van der Waals surface area contributed by atoms with Gasteiger partial charge in [-0.05, 0) is 26.7 Å². The zero-order valence-electron chi connectivity index (χ0n) is 13.4. The Kier molecular flexibility index (Phi) is 6.42. The van der Waals surface area contributed by atoms with Gasteiger partial charge < -0.3 is 21.1 Å². The quantitative estimate of drug-likeness (QED) is 0.672. The Morgan fingerprint density at radius 3 is 2.67 bits per heavy atom. The minimum atomic E-state index is -0.208. The highest BCUT2D eigenvalue weighted by Gasteiger charge is 2.18. The van der Waals surface area contributed by atoms with Gasteiger partial charge in [0.2, 0.25) is 0 Å². The van der Waals surface area contributed by atoms with E-state index in [0.717, 1.165) is 0 Å². The molecule has 0 atom stereocenters. The van der Waals surface area contributed by atoms with Gasteiger partial charge in [0.15, 0.2) is 5.13 Å². The highest BCUT2D eigenvalue weighted by atomic mass is 32.1. The van der Waals surface area contributed by atoms with Gasteiger partial charge in [-0.2, -0.15) is 0 Å². The number of hydrogen-bond donors (Lipinski definition) is 3. The Bertz CT molecular complexity index is 466. The second-order valence-electron chi connectivity index (χ2n) is 6.33. The van der Waals surface area contributed by atoms with Crippen molar-refractivity contribution in [3.05, 3.63) is 4.88 Å². The molecule has 1 aromatic heterocycles. The van der Waals surface area contributed by atoms with Gasteiger partial charge in [-0.15, -0.1) is 0 Å². The molecule has 21 heavy (non-hydrogen) atoms. The van der Waals surface area contributed by atoms with E-state index in [2.05, 4.69) is 29.5 Å². The third-order valence-electron chi connectivity index (χ3n) is 2.32. The maximum absolute atomic E-state index is 12.0. The number of carbonyl (C=O) groups excluding carboxylic acids is 1. The van der Waals surface area contributed by atoms with E-state index in [0.29, 0.717) is 35.7 Å². The van der Waals surface area contributed by atoms with Crippen molar-refractivity contribution in [2.75, 3.05) is 30.8 Å². The summed E-state index contributed by atoms with van der Waals surface area (Å²) in [5.41, 5.74) is 5.68. The van der Waals surface area contributed by atoms with Crippen LogP contribution in [-0.2, 0) is 4.74 Å². The van der Waals surface area contributed by atoms with Crippen molar-refractivity contribution in [3.63, 3.8) is 0 Å². The lowest BCUT2D eigenvalue weighted by molar-refractivity contribution is 0.0890. The first kappa shape index (κ1) is 17.7. The predicted octanol–water partition coefficient (Wildman–Crippen LogP) is 2.34. The lowest BCUT2D eigenvalue weighted by Gasteiger charge is -2.19. The number of aromatic nitrogens is 1. The topological polar surface area (TPSA) is 89.3 Å². The Morgan fingerprint density at radius 1 is 1.43 bits per heavy atom. The number of carbonyl (C=O) groups is 1. The average Bonchev–Trinajstić information content (AvgIpc) is 2.66. The van der Waals surface area contributed by atoms with E-state index in [-0.39, 0.29) is 17.3 Å². The van der Waals surface area contributed by atoms with Crippen molar-refractivity contribution < 1.29 is 9.53 Å². The molecule has 120 valence electrons. The van der Waals surface area contributed by atoms with Gasteiger partial charge in [0.1, 0.15) is 10.7 Å². The van der Waals surface area contributed by atoms with E-state index in [1.54, 1.807) is 0 Å². The summed E-state index contributed by atoms with van der Waals surface area (Å²) >= 11 is 1.26. The van der Waals surface area contributed by atoms with Crippen molar-refractivity contribution in [2.45, 2.75) is 40.2 Å². The fraction of sp³-hybridized carbons (Fsp3) is 0.714. The van der Waals surface area contributed by atoms with E-state index in [1.165, 1.54) is 11.3 Å². The van der Waals surface area contributed by atoms with Gasteiger partial charge in [-0.3, -0.25) is 4.79 Å². The predicted molar refractivity (Wildman–Crippen MR) is 87.9 cm³/mol. The number of nitrogens with one attached hydrogen (secondary N) is 2. The number of hydrogen-bond acceptors (Lipinski definition) is 6. The molecule has 0 radical (unpaired) electrons. The van der Waals surface area contributed by atoms with Crippen LogP contribution in [0.3, 0.4) is 0 Å². The molecule has 1 heterocycles. The number of anilines is 2. The van der Waals surface area contributed by atoms with Gasteiger partial charge in [0.05, 0.1) is 6.61 Å². The van der Waals surface area contributed by atoms with E-state index >= 15 is 0 Å². The molecular formula is C14H26N4O2S. The Morgan fingerprint density at radius 2 is 2.10 bits per heavy atom. The fourth-order valence-electron chi connectivity index (χ4n) is 1.50. The lowest BCUT2D eigenvalue weighted by Crippen LogP contribution is -2.27. The number of ether oxygens (including phenoxy) is 1. The zero-order valence-corrected chi connectivity index (χ0v) is 14.3. The molecule has 0 saturated carbocycles. The van der Waals surface area contributed by atoms with Crippen LogP contribution < -0.4 is 16.4 Å². The highest BCUT2D eigenvalue weighted by molar-refractivity contribution is 7.18. The van der Waals surface area contributed by atoms with Crippen LogP contribution in [0.4, 0.5) is 10.9 Å². The van der Waals surface area contributed by atoms with E-state index in [9.17, 15) is 4.79 Å². The van der Waals surface area contributed by atoms with Crippen LogP contribution in [0.2, 0.25) is 0 Å². The Balaban J connectivity index is 2.47. The standard InChI is InChI=1S/C14H26N4O2S/c1-9(2)8-20-7-6-16-12(19)10-11(15)17-13(21-10)18-14(3,4)5/h9H,6-8,15H2,1-5H3,(H,16,19)(H,17,18). The summed E-state index contributed by atoms with van der Waals surface area (Å²) in [7, 11) is 0.